The number of nitrogens with zero attached hydrogens (tertiary/aromatic N) is 2. The van der Waals surface area contributed by atoms with E-state index < -0.39 is 11.8 Å². The van der Waals surface area contributed by atoms with Crippen molar-refractivity contribution in [2.75, 3.05) is 18.9 Å². The highest BCUT2D eigenvalue weighted by Crippen LogP contribution is 2.14. The number of nitrogens with one attached hydrogen (secondary N) is 1. The second kappa shape index (κ2) is 5.79. The number of halogens is 1. The van der Waals surface area contributed by atoms with Crippen LogP contribution in [0.2, 0.25) is 5.22 Å². The van der Waals surface area contributed by atoms with Crippen molar-refractivity contribution in [2.45, 2.75) is 6.92 Å². The predicted molar refractivity (Wildman–Crippen MR) is 70.5 cm³/mol. The van der Waals surface area contributed by atoms with Crippen LogP contribution in [0.15, 0.2) is 27.1 Å². The summed E-state index contributed by atoms with van der Waals surface area (Å²) in [6, 6.07) is 4.48. The molecule has 0 unspecified atom stereocenters. The van der Waals surface area contributed by atoms with Gasteiger partial charge in [0.05, 0.1) is 0 Å². The lowest BCUT2D eigenvalue weighted by Gasteiger charge is -2.14. The quantitative estimate of drug-likeness (QED) is 0.931. The molecule has 0 saturated heterocycles. The van der Waals surface area contributed by atoms with Crippen LogP contribution in [-0.2, 0) is 4.79 Å². The number of aromatic nitrogens is 1. The van der Waals surface area contributed by atoms with Gasteiger partial charge in [0, 0.05) is 13.1 Å². The number of anilines is 1. The van der Waals surface area contributed by atoms with Gasteiger partial charge in [0.15, 0.2) is 16.8 Å². The maximum Gasteiger partial charge on any atom is 0.289 e. The molecule has 1 N–H and O–H groups in total. The Kier molecular flexibility index (Phi) is 4.09. The Hall–Kier alpha value is -2.28. The van der Waals surface area contributed by atoms with E-state index in [9.17, 15) is 9.59 Å². The number of hydrogen-bond donors (Lipinski definition) is 1. The molecule has 7 nitrogen and oxygen atoms in total. The van der Waals surface area contributed by atoms with Crippen molar-refractivity contribution in [1.82, 2.24) is 10.1 Å². The Bertz CT molecular complexity index is 634. The maximum absolute atomic E-state index is 11.9. The lowest BCUT2D eigenvalue weighted by Crippen LogP contribution is -2.34. The van der Waals surface area contributed by atoms with Crippen molar-refractivity contribution in [3.8, 4) is 0 Å². The van der Waals surface area contributed by atoms with Gasteiger partial charge < -0.3 is 19.2 Å². The number of carbonyl (C=O) groups is 2. The Morgan fingerprint density at radius 2 is 2.20 bits per heavy atom. The summed E-state index contributed by atoms with van der Waals surface area (Å²) in [6.45, 7) is 1.56. The molecule has 0 aliphatic rings. The third-order valence-corrected chi connectivity index (χ3v) is 2.61. The van der Waals surface area contributed by atoms with Gasteiger partial charge in [0.2, 0.25) is 5.91 Å². The molecule has 0 fully saturated rings. The molecule has 106 valence electrons. The Morgan fingerprint density at radius 1 is 1.45 bits per heavy atom. The molecule has 0 spiro atoms. The molecule has 20 heavy (non-hydrogen) atoms. The SMILES string of the molecule is Cc1cc(NC(=O)CN(C)C(=O)c2ccc(Cl)o2)no1. The van der Waals surface area contributed by atoms with E-state index in [1.54, 1.807) is 13.0 Å². The molecular weight excluding hydrogens is 286 g/mol. The van der Waals surface area contributed by atoms with Crippen LogP contribution < -0.4 is 5.32 Å². The zero-order valence-electron chi connectivity index (χ0n) is 10.8. The summed E-state index contributed by atoms with van der Waals surface area (Å²) in [6.07, 6.45) is 0. The minimum absolute atomic E-state index is 0.0718. The van der Waals surface area contributed by atoms with Crippen molar-refractivity contribution in [3.05, 3.63) is 34.9 Å². The van der Waals surface area contributed by atoms with E-state index in [1.165, 1.54) is 24.1 Å². The highest BCUT2D eigenvalue weighted by molar-refractivity contribution is 6.29. The van der Waals surface area contributed by atoms with Crippen molar-refractivity contribution in [1.29, 1.82) is 0 Å². The molecule has 2 heterocycles. The van der Waals surface area contributed by atoms with E-state index in [0.29, 0.717) is 11.6 Å². The van der Waals surface area contributed by atoms with Crippen LogP contribution in [0.4, 0.5) is 5.82 Å². The smallest absolute Gasteiger partial charge is 0.289 e. The minimum atomic E-state index is -0.441. The fourth-order valence-electron chi connectivity index (χ4n) is 1.51. The lowest BCUT2D eigenvalue weighted by atomic mass is 10.4. The van der Waals surface area contributed by atoms with E-state index in [2.05, 4.69) is 10.5 Å². The third-order valence-electron chi connectivity index (χ3n) is 2.41. The molecule has 0 atom stereocenters. The van der Waals surface area contributed by atoms with Crippen molar-refractivity contribution in [2.24, 2.45) is 0 Å². The van der Waals surface area contributed by atoms with Crippen molar-refractivity contribution in [3.63, 3.8) is 0 Å². The first-order chi connectivity index (χ1) is 9.45. The molecule has 0 radical (unpaired) electrons. The molecule has 2 amide bonds. The second-order valence-electron chi connectivity index (χ2n) is 4.14. The number of likely N-dealkylation sites (N-methyl/N-ethyl adjacent to an activating group) is 1. The van der Waals surface area contributed by atoms with Crippen LogP contribution in [0.3, 0.4) is 0 Å². The van der Waals surface area contributed by atoms with E-state index in [4.69, 9.17) is 20.5 Å². The van der Waals surface area contributed by atoms with Crippen LogP contribution in [0.25, 0.3) is 0 Å². The van der Waals surface area contributed by atoms with E-state index in [1.807, 2.05) is 0 Å². The Morgan fingerprint density at radius 3 is 2.75 bits per heavy atom. The van der Waals surface area contributed by atoms with Gasteiger partial charge in [-0.2, -0.15) is 0 Å². The maximum atomic E-state index is 11.9. The molecular formula is C12H12ClN3O4. The van der Waals surface area contributed by atoms with Crippen LogP contribution >= 0.6 is 11.6 Å². The van der Waals surface area contributed by atoms with Gasteiger partial charge in [0.25, 0.3) is 5.91 Å². The average Bonchev–Trinajstić information content (AvgIpc) is 2.97. The van der Waals surface area contributed by atoms with Gasteiger partial charge in [-0.15, -0.1) is 0 Å². The molecule has 0 aliphatic carbocycles. The number of carbonyl (C=O) groups excluding carboxylic acids is 2. The van der Waals surface area contributed by atoms with Crippen molar-refractivity contribution < 1.29 is 18.5 Å². The molecule has 0 saturated carbocycles. The van der Waals surface area contributed by atoms with Gasteiger partial charge in [-0.3, -0.25) is 9.59 Å². The zero-order chi connectivity index (χ0) is 14.7. The van der Waals surface area contributed by atoms with E-state index in [-0.39, 0.29) is 17.5 Å². The number of hydrogen-bond acceptors (Lipinski definition) is 5. The molecule has 2 rings (SSSR count). The first-order valence-electron chi connectivity index (χ1n) is 5.69. The van der Waals surface area contributed by atoms with Gasteiger partial charge in [-0.25, -0.2) is 0 Å². The largest absolute Gasteiger partial charge is 0.440 e. The topological polar surface area (TPSA) is 88.6 Å². The third kappa shape index (κ3) is 3.39. The number of furan rings is 1. The molecule has 2 aromatic heterocycles. The van der Waals surface area contributed by atoms with Gasteiger partial charge >= 0.3 is 0 Å². The normalized spacial score (nSPS) is 10.3. The number of aryl methyl sites for hydroxylation is 1. The molecule has 2 aromatic rings. The highest BCUT2D eigenvalue weighted by Gasteiger charge is 2.18. The van der Waals surface area contributed by atoms with E-state index in [0.717, 1.165) is 0 Å². The van der Waals surface area contributed by atoms with Gasteiger partial charge in [-0.1, -0.05) is 5.16 Å². The summed E-state index contributed by atoms with van der Waals surface area (Å²) in [4.78, 5) is 24.8. The summed E-state index contributed by atoms with van der Waals surface area (Å²) in [5, 5.41) is 6.25. The molecule has 0 aromatic carbocycles. The average molecular weight is 298 g/mol. The molecule has 0 aliphatic heterocycles. The minimum Gasteiger partial charge on any atom is -0.440 e. The zero-order valence-corrected chi connectivity index (χ0v) is 11.6. The Labute approximate surface area is 119 Å². The summed E-state index contributed by atoms with van der Waals surface area (Å²) >= 11 is 5.59. The summed E-state index contributed by atoms with van der Waals surface area (Å²) in [5.74, 6) is 0.113. The fourth-order valence-corrected chi connectivity index (χ4v) is 1.66. The van der Waals surface area contributed by atoms with E-state index >= 15 is 0 Å². The molecule has 8 heteroatoms. The summed E-state index contributed by atoms with van der Waals surface area (Å²) < 4.78 is 9.80. The second-order valence-corrected chi connectivity index (χ2v) is 4.51. The first-order valence-corrected chi connectivity index (χ1v) is 6.07. The monoisotopic (exact) mass is 297 g/mol. The van der Waals surface area contributed by atoms with Crippen LogP contribution in [-0.4, -0.2) is 35.5 Å². The van der Waals surface area contributed by atoms with Gasteiger partial charge in [-0.05, 0) is 30.7 Å². The van der Waals surface area contributed by atoms with Crippen molar-refractivity contribution >= 4 is 29.2 Å². The molecule has 0 bridgehead atoms. The van der Waals surface area contributed by atoms with Crippen LogP contribution in [0.1, 0.15) is 16.3 Å². The Balaban J connectivity index is 1.92. The van der Waals surface area contributed by atoms with Crippen LogP contribution in [0, 0.1) is 6.92 Å². The van der Waals surface area contributed by atoms with Gasteiger partial charge in [0.1, 0.15) is 12.3 Å². The first kappa shape index (κ1) is 14.1. The number of rotatable bonds is 4. The standard InChI is InChI=1S/C12H12ClN3O4/c1-7-5-10(15-20-7)14-11(17)6-16(2)12(18)8-3-4-9(13)19-8/h3-5H,6H2,1-2H3,(H,14,15,17). The van der Waals surface area contributed by atoms with Crippen LogP contribution in [0.5, 0.6) is 0 Å². The fraction of sp³-hybridized carbons (Fsp3) is 0.250. The number of amides is 2. The predicted octanol–water partition coefficient (Wildman–Crippen LogP) is 1.94. The lowest BCUT2D eigenvalue weighted by molar-refractivity contribution is -0.116. The summed E-state index contributed by atoms with van der Waals surface area (Å²) in [7, 11) is 1.48. The summed E-state index contributed by atoms with van der Waals surface area (Å²) in [5.41, 5.74) is 0. The highest BCUT2D eigenvalue weighted by atomic mass is 35.5.